The van der Waals surface area contributed by atoms with Gasteiger partial charge in [-0.15, -0.1) is 0 Å². The third kappa shape index (κ3) is 2.03. The van der Waals surface area contributed by atoms with Gasteiger partial charge in [0.15, 0.2) is 0 Å². The van der Waals surface area contributed by atoms with E-state index in [0.717, 1.165) is 31.2 Å². The van der Waals surface area contributed by atoms with Gasteiger partial charge in [0, 0.05) is 6.54 Å². The average molecular weight is 245 g/mol. The SMILES string of the molecule is O=C(NCC1CC(O)C1)C1(c2ccccc2)CC1. The molecule has 96 valence electrons. The van der Waals surface area contributed by atoms with Crippen LogP contribution in [-0.4, -0.2) is 23.7 Å². The third-order valence-electron chi connectivity index (χ3n) is 4.27. The first-order chi connectivity index (χ1) is 8.71. The molecule has 2 N–H and O–H groups in total. The van der Waals surface area contributed by atoms with Crippen molar-refractivity contribution in [3.8, 4) is 0 Å². The number of carbonyl (C=O) groups excluding carboxylic acids is 1. The molecule has 18 heavy (non-hydrogen) atoms. The Bertz CT molecular complexity index is 433. The van der Waals surface area contributed by atoms with E-state index in [1.807, 2.05) is 30.3 Å². The molecule has 0 bridgehead atoms. The van der Waals surface area contributed by atoms with Crippen molar-refractivity contribution < 1.29 is 9.90 Å². The largest absolute Gasteiger partial charge is 0.393 e. The highest BCUT2D eigenvalue weighted by Gasteiger charge is 2.51. The Labute approximate surface area is 107 Å². The Balaban J connectivity index is 1.59. The van der Waals surface area contributed by atoms with Crippen molar-refractivity contribution in [2.75, 3.05) is 6.54 Å². The lowest BCUT2D eigenvalue weighted by molar-refractivity contribution is -0.124. The highest BCUT2D eigenvalue weighted by molar-refractivity contribution is 5.91. The first-order valence-electron chi connectivity index (χ1n) is 6.72. The number of benzene rings is 1. The number of rotatable bonds is 4. The van der Waals surface area contributed by atoms with Crippen LogP contribution in [0.1, 0.15) is 31.2 Å². The molecule has 3 nitrogen and oxygen atoms in total. The Morgan fingerprint density at radius 1 is 1.28 bits per heavy atom. The second-order valence-corrected chi connectivity index (χ2v) is 5.65. The number of hydrogen-bond donors (Lipinski definition) is 2. The van der Waals surface area contributed by atoms with Crippen molar-refractivity contribution in [1.82, 2.24) is 5.32 Å². The summed E-state index contributed by atoms with van der Waals surface area (Å²) < 4.78 is 0. The van der Waals surface area contributed by atoms with Gasteiger partial charge in [-0.25, -0.2) is 0 Å². The molecule has 0 spiro atoms. The number of hydrogen-bond acceptors (Lipinski definition) is 2. The second kappa shape index (κ2) is 4.39. The molecule has 0 unspecified atom stereocenters. The van der Waals surface area contributed by atoms with Gasteiger partial charge in [0.1, 0.15) is 0 Å². The van der Waals surface area contributed by atoms with Crippen LogP contribution in [0.2, 0.25) is 0 Å². The molecule has 0 heterocycles. The van der Waals surface area contributed by atoms with E-state index in [1.165, 1.54) is 0 Å². The first-order valence-corrected chi connectivity index (χ1v) is 6.72. The fourth-order valence-electron chi connectivity index (χ4n) is 2.80. The molecule has 2 fully saturated rings. The summed E-state index contributed by atoms with van der Waals surface area (Å²) in [7, 11) is 0. The molecule has 0 atom stereocenters. The molecule has 0 radical (unpaired) electrons. The molecule has 3 rings (SSSR count). The molecular weight excluding hydrogens is 226 g/mol. The molecule has 1 amide bonds. The molecule has 0 saturated heterocycles. The van der Waals surface area contributed by atoms with Crippen LogP contribution < -0.4 is 5.32 Å². The summed E-state index contributed by atoms with van der Waals surface area (Å²) in [6.45, 7) is 0.713. The summed E-state index contributed by atoms with van der Waals surface area (Å²) in [5.41, 5.74) is 0.875. The lowest BCUT2D eigenvalue weighted by Gasteiger charge is -2.31. The van der Waals surface area contributed by atoms with Crippen LogP contribution in [0.25, 0.3) is 0 Å². The number of amides is 1. The third-order valence-corrected chi connectivity index (χ3v) is 4.27. The normalized spacial score (nSPS) is 28.3. The second-order valence-electron chi connectivity index (χ2n) is 5.65. The van der Waals surface area contributed by atoms with Crippen molar-refractivity contribution in [2.24, 2.45) is 5.92 Å². The molecule has 2 aliphatic carbocycles. The quantitative estimate of drug-likeness (QED) is 0.846. The van der Waals surface area contributed by atoms with Crippen LogP contribution in [0.4, 0.5) is 0 Å². The fraction of sp³-hybridized carbons (Fsp3) is 0.533. The van der Waals surface area contributed by atoms with Crippen molar-refractivity contribution in [1.29, 1.82) is 0 Å². The maximum atomic E-state index is 12.3. The van der Waals surface area contributed by atoms with Gasteiger partial charge < -0.3 is 10.4 Å². The minimum Gasteiger partial charge on any atom is -0.393 e. The van der Waals surface area contributed by atoms with E-state index in [0.29, 0.717) is 12.5 Å². The maximum absolute atomic E-state index is 12.3. The van der Waals surface area contributed by atoms with Gasteiger partial charge in [-0.2, -0.15) is 0 Å². The summed E-state index contributed by atoms with van der Waals surface area (Å²) >= 11 is 0. The van der Waals surface area contributed by atoms with Gasteiger partial charge >= 0.3 is 0 Å². The van der Waals surface area contributed by atoms with Crippen LogP contribution >= 0.6 is 0 Å². The lowest BCUT2D eigenvalue weighted by atomic mass is 9.82. The van der Waals surface area contributed by atoms with Gasteiger partial charge in [-0.1, -0.05) is 30.3 Å². The molecule has 0 aromatic heterocycles. The zero-order chi connectivity index (χ0) is 12.6. The Hall–Kier alpha value is -1.35. The maximum Gasteiger partial charge on any atom is 0.230 e. The van der Waals surface area contributed by atoms with E-state index in [2.05, 4.69) is 5.32 Å². The Kier molecular flexibility index (Phi) is 2.86. The summed E-state index contributed by atoms with van der Waals surface area (Å²) in [6.07, 6.45) is 3.43. The van der Waals surface area contributed by atoms with Crippen LogP contribution in [-0.2, 0) is 10.2 Å². The van der Waals surface area contributed by atoms with Gasteiger partial charge in [0.25, 0.3) is 0 Å². The predicted octanol–water partition coefficient (Wildman–Crippen LogP) is 1.61. The van der Waals surface area contributed by atoms with Gasteiger partial charge in [-0.05, 0) is 37.2 Å². The van der Waals surface area contributed by atoms with Crippen LogP contribution in [0.3, 0.4) is 0 Å². The van der Waals surface area contributed by atoms with Crippen LogP contribution in [0.5, 0.6) is 0 Å². The van der Waals surface area contributed by atoms with E-state index >= 15 is 0 Å². The summed E-state index contributed by atoms with van der Waals surface area (Å²) in [4.78, 5) is 12.3. The lowest BCUT2D eigenvalue weighted by Crippen LogP contribution is -2.42. The van der Waals surface area contributed by atoms with Crippen LogP contribution in [0, 0.1) is 5.92 Å². The van der Waals surface area contributed by atoms with Gasteiger partial charge in [-0.3, -0.25) is 4.79 Å². The number of aliphatic hydroxyl groups is 1. The summed E-state index contributed by atoms with van der Waals surface area (Å²) in [6, 6.07) is 10.0. The molecule has 1 aromatic carbocycles. The molecular formula is C15H19NO2. The summed E-state index contributed by atoms with van der Waals surface area (Å²) in [5.74, 6) is 0.630. The van der Waals surface area contributed by atoms with E-state index in [9.17, 15) is 9.90 Å². The minimum absolute atomic E-state index is 0.143. The van der Waals surface area contributed by atoms with E-state index < -0.39 is 0 Å². The zero-order valence-corrected chi connectivity index (χ0v) is 10.4. The highest BCUT2D eigenvalue weighted by Crippen LogP contribution is 2.48. The standard InChI is InChI=1S/C15H19NO2/c17-13-8-11(9-13)10-16-14(18)15(6-7-15)12-4-2-1-3-5-12/h1-5,11,13,17H,6-10H2,(H,16,18). The van der Waals surface area contributed by atoms with E-state index in [4.69, 9.17) is 0 Å². The number of nitrogens with one attached hydrogen (secondary N) is 1. The van der Waals surface area contributed by atoms with Crippen LogP contribution in [0.15, 0.2) is 30.3 Å². The van der Waals surface area contributed by atoms with Crippen molar-refractivity contribution >= 4 is 5.91 Å². The van der Waals surface area contributed by atoms with Crippen molar-refractivity contribution in [3.05, 3.63) is 35.9 Å². The number of carbonyl (C=O) groups is 1. The molecule has 1 aromatic rings. The molecule has 3 heteroatoms. The highest BCUT2D eigenvalue weighted by atomic mass is 16.3. The molecule has 2 aliphatic rings. The minimum atomic E-state index is -0.260. The van der Waals surface area contributed by atoms with E-state index in [-0.39, 0.29) is 17.4 Å². The number of aliphatic hydroxyl groups excluding tert-OH is 1. The van der Waals surface area contributed by atoms with Gasteiger partial charge in [0.2, 0.25) is 5.91 Å². The van der Waals surface area contributed by atoms with Gasteiger partial charge in [0.05, 0.1) is 11.5 Å². The summed E-state index contributed by atoms with van der Waals surface area (Å²) in [5, 5.41) is 12.3. The first kappa shape index (κ1) is 11.7. The molecule has 0 aliphatic heterocycles. The average Bonchev–Trinajstić information content (AvgIpc) is 3.15. The monoisotopic (exact) mass is 245 g/mol. The van der Waals surface area contributed by atoms with Crippen molar-refractivity contribution in [3.63, 3.8) is 0 Å². The van der Waals surface area contributed by atoms with E-state index in [1.54, 1.807) is 0 Å². The molecule has 2 saturated carbocycles. The Morgan fingerprint density at radius 3 is 2.50 bits per heavy atom. The zero-order valence-electron chi connectivity index (χ0n) is 10.4. The van der Waals surface area contributed by atoms with Crippen molar-refractivity contribution in [2.45, 2.75) is 37.2 Å². The predicted molar refractivity (Wildman–Crippen MR) is 69.1 cm³/mol. The smallest absolute Gasteiger partial charge is 0.230 e. The Morgan fingerprint density at radius 2 is 1.94 bits per heavy atom. The topological polar surface area (TPSA) is 49.3 Å². The fourth-order valence-corrected chi connectivity index (χ4v) is 2.80.